The van der Waals surface area contributed by atoms with Gasteiger partial charge in [-0.25, -0.2) is 0 Å². The molecule has 0 radical (unpaired) electrons. The van der Waals surface area contributed by atoms with E-state index in [0.717, 1.165) is 10.2 Å². The predicted molar refractivity (Wildman–Crippen MR) is 59.7 cm³/mol. The van der Waals surface area contributed by atoms with Gasteiger partial charge in [-0.3, -0.25) is 0 Å². The summed E-state index contributed by atoms with van der Waals surface area (Å²) in [5, 5.41) is 0. The minimum absolute atomic E-state index is 0.989. The van der Waals surface area contributed by atoms with Gasteiger partial charge in [0.15, 0.2) is 0 Å². The predicted octanol–water partition coefficient (Wildman–Crippen LogP) is 4.12. The van der Waals surface area contributed by atoms with Crippen molar-refractivity contribution in [2.75, 3.05) is 5.75 Å². The van der Waals surface area contributed by atoms with E-state index in [9.17, 15) is 0 Å². The maximum absolute atomic E-state index is 3.86. The second-order valence-electron chi connectivity index (χ2n) is 2.68. The van der Waals surface area contributed by atoms with E-state index >= 15 is 0 Å². The van der Waals surface area contributed by atoms with E-state index in [1.54, 1.807) is 0 Å². The van der Waals surface area contributed by atoms with Crippen LogP contribution in [0.25, 0.3) is 0 Å². The highest BCUT2D eigenvalue weighted by molar-refractivity contribution is 9.10. The lowest BCUT2D eigenvalue weighted by Gasteiger charge is -2.02. The van der Waals surface area contributed by atoms with Crippen LogP contribution in [-0.2, 0) is 0 Å². The van der Waals surface area contributed by atoms with Crippen molar-refractivity contribution < 1.29 is 0 Å². The largest absolute Gasteiger partial charge is 0.121 e. The van der Waals surface area contributed by atoms with E-state index < -0.39 is 0 Å². The molecular weight excluding hydrogens is 232 g/mol. The molecule has 0 unspecified atom stereocenters. The molecule has 0 aliphatic rings. The van der Waals surface area contributed by atoms with Crippen molar-refractivity contribution in [3.8, 4) is 0 Å². The Morgan fingerprint density at radius 2 is 2.17 bits per heavy atom. The molecule has 0 nitrogen and oxygen atoms in total. The van der Waals surface area contributed by atoms with E-state index in [-0.39, 0.29) is 0 Å². The number of halogens is 1. The van der Waals surface area contributed by atoms with Gasteiger partial charge in [-0.15, -0.1) is 11.8 Å². The van der Waals surface area contributed by atoms with Crippen LogP contribution in [0.1, 0.15) is 6.92 Å². The van der Waals surface area contributed by atoms with Crippen molar-refractivity contribution in [3.63, 3.8) is 0 Å². The van der Waals surface area contributed by atoms with Crippen LogP contribution in [0.5, 0.6) is 0 Å². The van der Waals surface area contributed by atoms with E-state index in [4.69, 9.17) is 0 Å². The molecule has 0 bridgehead atoms. The van der Waals surface area contributed by atoms with Gasteiger partial charge in [0.1, 0.15) is 0 Å². The molecule has 0 saturated heterocycles. The summed E-state index contributed by atoms with van der Waals surface area (Å²) in [6.07, 6.45) is 0. The van der Waals surface area contributed by atoms with Gasteiger partial charge in [0.05, 0.1) is 0 Å². The van der Waals surface area contributed by atoms with Gasteiger partial charge in [-0.05, 0) is 35.0 Å². The third-order valence-corrected chi connectivity index (χ3v) is 3.57. The molecule has 2 heteroatoms. The van der Waals surface area contributed by atoms with Crippen LogP contribution >= 0.6 is 27.7 Å². The second kappa shape index (κ2) is 4.73. The van der Waals surface area contributed by atoms with Crippen molar-refractivity contribution in [2.45, 2.75) is 11.8 Å². The Morgan fingerprint density at radius 1 is 1.50 bits per heavy atom. The zero-order chi connectivity index (χ0) is 8.97. The molecule has 0 spiro atoms. The van der Waals surface area contributed by atoms with Crippen molar-refractivity contribution >= 4 is 27.7 Å². The van der Waals surface area contributed by atoms with E-state index in [1.807, 2.05) is 30.8 Å². The molecule has 1 aromatic carbocycles. The lowest BCUT2D eigenvalue weighted by atomic mass is 10.4. The van der Waals surface area contributed by atoms with Gasteiger partial charge >= 0.3 is 0 Å². The van der Waals surface area contributed by atoms with Crippen molar-refractivity contribution in [1.29, 1.82) is 0 Å². The molecular formula is C10H11BrS. The fourth-order valence-electron chi connectivity index (χ4n) is 0.763. The summed E-state index contributed by atoms with van der Waals surface area (Å²) >= 11 is 5.30. The molecule has 64 valence electrons. The molecule has 0 N–H and O–H groups in total. The lowest BCUT2D eigenvalue weighted by Crippen LogP contribution is -1.79. The lowest BCUT2D eigenvalue weighted by molar-refractivity contribution is 1.38. The number of rotatable bonds is 3. The van der Waals surface area contributed by atoms with E-state index in [1.165, 1.54) is 10.5 Å². The quantitative estimate of drug-likeness (QED) is 0.568. The highest BCUT2D eigenvalue weighted by Crippen LogP contribution is 2.27. The minimum atomic E-state index is 0.989. The normalized spacial score (nSPS) is 9.83. The first-order valence-electron chi connectivity index (χ1n) is 3.72. The van der Waals surface area contributed by atoms with Crippen LogP contribution in [0, 0.1) is 0 Å². The third kappa shape index (κ3) is 3.03. The Hall–Kier alpha value is -0.210. The summed E-state index contributed by atoms with van der Waals surface area (Å²) in [5.74, 6) is 0.989. The zero-order valence-electron chi connectivity index (χ0n) is 7.01. The van der Waals surface area contributed by atoms with Gasteiger partial charge in [-0.2, -0.15) is 0 Å². The Labute approximate surface area is 86.2 Å². The van der Waals surface area contributed by atoms with E-state index in [2.05, 4.69) is 34.6 Å². The van der Waals surface area contributed by atoms with Crippen molar-refractivity contribution in [2.24, 2.45) is 0 Å². The average Bonchev–Trinajstić information content (AvgIpc) is 2.03. The summed E-state index contributed by atoms with van der Waals surface area (Å²) < 4.78 is 1.16. The molecule has 0 aromatic heterocycles. The highest BCUT2D eigenvalue weighted by atomic mass is 79.9. The maximum Gasteiger partial charge on any atom is 0.0311 e. The van der Waals surface area contributed by atoms with E-state index in [0.29, 0.717) is 0 Å². The third-order valence-electron chi connectivity index (χ3n) is 1.31. The number of hydrogen-bond acceptors (Lipinski definition) is 1. The molecule has 0 saturated carbocycles. The van der Waals surface area contributed by atoms with Crippen molar-refractivity contribution in [3.05, 3.63) is 40.9 Å². The highest BCUT2D eigenvalue weighted by Gasteiger charge is 1.97. The molecule has 0 aliphatic carbocycles. The number of benzene rings is 1. The number of hydrogen-bond donors (Lipinski definition) is 0. The Bertz CT molecular complexity index is 281. The first-order valence-corrected chi connectivity index (χ1v) is 5.49. The molecule has 0 aliphatic heterocycles. The Kier molecular flexibility index (Phi) is 3.89. The van der Waals surface area contributed by atoms with Gasteiger partial charge in [-0.1, -0.05) is 24.3 Å². The first-order chi connectivity index (χ1) is 5.70. The zero-order valence-corrected chi connectivity index (χ0v) is 9.41. The standard InChI is InChI=1S/C10H11BrS/c1-8(2)7-12-10-6-4-3-5-9(10)11/h3-6H,1,7H2,2H3. The summed E-state index contributed by atoms with van der Waals surface area (Å²) in [5.41, 5.74) is 1.20. The first kappa shape index (κ1) is 9.87. The summed E-state index contributed by atoms with van der Waals surface area (Å²) in [7, 11) is 0. The van der Waals surface area contributed by atoms with Crippen LogP contribution in [-0.4, -0.2) is 5.75 Å². The molecule has 0 fully saturated rings. The minimum Gasteiger partial charge on any atom is -0.121 e. The SMILES string of the molecule is C=C(C)CSc1ccccc1Br. The van der Waals surface area contributed by atoms with Gasteiger partial charge in [0, 0.05) is 15.1 Å². The monoisotopic (exact) mass is 242 g/mol. The van der Waals surface area contributed by atoms with Crippen LogP contribution in [0.4, 0.5) is 0 Å². The molecule has 0 amide bonds. The van der Waals surface area contributed by atoms with Crippen molar-refractivity contribution in [1.82, 2.24) is 0 Å². The van der Waals surface area contributed by atoms with Crippen LogP contribution in [0.15, 0.2) is 45.8 Å². The topological polar surface area (TPSA) is 0 Å². The Morgan fingerprint density at radius 3 is 2.75 bits per heavy atom. The number of thioether (sulfide) groups is 1. The molecule has 1 rings (SSSR count). The average molecular weight is 243 g/mol. The summed E-state index contributed by atoms with van der Waals surface area (Å²) in [4.78, 5) is 1.28. The van der Waals surface area contributed by atoms with Crippen LogP contribution < -0.4 is 0 Å². The molecule has 1 aromatic rings. The molecule has 0 heterocycles. The molecule has 12 heavy (non-hydrogen) atoms. The van der Waals surface area contributed by atoms with Crippen LogP contribution in [0.2, 0.25) is 0 Å². The summed E-state index contributed by atoms with van der Waals surface area (Å²) in [6.45, 7) is 5.91. The molecule has 0 atom stereocenters. The maximum atomic E-state index is 3.86. The Balaban J connectivity index is 2.63. The van der Waals surface area contributed by atoms with Gasteiger partial charge < -0.3 is 0 Å². The smallest absolute Gasteiger partial charge is 0.0311 e. The summed E-state index contributed by atoms with van der Waals surface area (Å²) in [6, 6.07) is 8.23. The second-order valence-corrected chi connectivity index (χ2v) is 4.55. The van der Waals surface area contributed by atoms with Gasteiger partial charge in [0.25, 0.3) is 0 Å². The fourth-order valence-corrected chi connectivity index (χ4v) is 2.17. The fraction of sp³-hybridized carbons (Fsp3) is 0.200. The van der Waals surface area contributed by atoms with Crippen LogP contribution in [0.3, 0.4) is 0 Å². The van der Waals surface area contributed by atoms with Gasteiger partial charge in [0.2, 0.25) is 0 Å².